The largest absolute Gasteiger partial charge is 0.493 e. The number of nitrogens with one attached hydrogen (secondary N) is 1. The zero-order chi connectivity index (χ0) is 21.4. The Hall–Kier alpha value is -2.84. The van der Waals surface area contributed by atoms with Crippen LogP contribution in [-0.4, -0.2) is 48.1 Å². The summed E-state index contributed by atoms with van der Waals surface area (Å²) in [4.78, 5) is 5.66. The van der Waals surface area contributed by atoms with Crippen LogP contribution in [0.4, 0.5) is 5.82 Å². The summed E-state index contributed by atoms with van der Waals surface area (Å²) in [5.41, 5.74) is 1.80. The van der Waals surface area contributed by atoms with Crippen molar-refractivity contribution < 1.29 is 14.2 Å². The molecule has 0 radical (unpaired) electrons. The maximum atomic E-state index is 5.49. The minimum absolute atomic E-state index is 0.388. The number of nitrogens with zero attached hydrogens (tertiary/aromatic N) is 3. The van der Waals surface area contributed by atoms with Gasteiger partial charge >= 0.3 is 0 Å². The molecule has 0 saturated heterocycles. The Balaban J connectivity index is 1.46. The average molecular weight is 439 g/mol. The van der Waals surface area contributed by atoms with Crippen LogP contribution in [0.2, 0.25) is 0 Å². The van der Waals surface area contributed by atoms with Crippen LogP contribution in [0.3, 0.4) is 0 Å². The summed E-state index contributed by atoms with van der Waals surface area (Å²) in [6.45, 7) is 0. The Morgan fingerprint density at radius 3 is 2.52 bits per heavy atom. The minimum atomic E-state index is 0.388. The highest BCUT2D eigenvalue weighted by Gasteiger charge is 2.21. The molecule has 5 rings (SSSR count). The lowest BCUT2D eigenvalue weighted by molar-refractivity contribution is 0.0681. The molecule has 4 aromatic rings. The number of hydrogen-bond acceptors (Lipinski definition) is 7. The summed E-state index contributed by atoms with van der Waals surface area (Å²) in [5, 5.41) is 9.56. The molecule has 1 fully saturated rings. The molecule has 1 aliphatic rings. The van der Waals surface area contributed by atoms with Gasteiger partial charge in [-0.05, 0) is 55.3 Å². The monoisotopic (exact) mass is 438 g/mol. The molecule has 0 amide bonds. The second kappa shape index (κ2) is 8.36. The number of aromatic nitrogens is 3. The zero-order valence-electron chi connectivity index (χ0n) is 17.9. The standard InChI is InChI=1S/C23H26N4O3S/c1-28-16-6-4-15(5-7-16)25-22-8-9-23-24-13-17(27(23)26-22)21-11-14-10-18(29-2)19(30-3)12-20(14)31-21/h8-13,15-16H,4-7H2,1-3H3,(H,25,26)/t15-,16-. The summed E-state index contributed by atoms with van der Waals surface area (Å²) < 4.78 is 19.4. The van der Waals surface area contributed by atoms with Crippen molar-refractivity contribution in [3.63, 3.8) is 0 Å². The van der Waals surface area contributed by atoms with E-state index in [0.717, 1.165) is 69.3 Å². The van der Waals surface area contributed by atoms with Gasteiger partial charge in [0, 0.05) is 23.9 Å². The van der Waals surface area contributed by atoms with Crippen LogP contribution in [0, 0.1) is 0 Å². The highest BCUT2D eigenvalue weighted by Crippen LogP contribution is 2.39. The number of imidazole rings is 1. The third kappa shape index (κ3) is 3.81. The van der Waals surface area contributed by atoms with Gasteiger partial charge in [-0.1, -0.05) is 0 Å². The van der Waals surface area contributed by atoms with Gasteiger partial charge in [-0.15, -0.1) is 16.4 Å². The number of methoxy groups -OCH3 is 3. The summed E-state index contributed by atoms with van der Waals surface area (Å²) in [5.74, 6) is 2.33. The Bertz CT molecular complexity index is 1170. The van der Waals surface area contributed by atoms with Crippen LogP contribution in [0.15, 0.2) is 36.5 Å². The topological polar surface area (TPSA) is 69.9 Å². The zero-order valence-corrected chi connectivity index (χ0v) is 18.7. The van der Waals surface area contributed by atoms with Gasteiger partial charge in [0.05, 0.1) is 31.4 Å². The summed E-state index contributed by atoms with van der Waals surface area (Å²) in [6.07, 6.45) is 6.63. The van der Waals surface area contributed by atoms with Crippen LogP contribution in [0.5, 0.6) is 11.5 Å². The Labute approximate surface area is 185 Å². The number of fused-ring (bicyclic) bond motifs is 2. The van der Waals surface area contributed by atoms with Crippen molar-refractivity contribution in [2.24, 2.45) is 0 Å². The molecule has 1 N–H and O–H groups in total. The predicted octanol–water partition coefficient (Wildman–Crippen LogP) is 5.00. The van der Waals surface area contributed by atoms with Gasteiger partial charge in [-0.3, -0.25) is 0 Å². The van der Waals surface area contributed by atoms with Crippen molar-refractivity contribution in [2.45, 2.75) is 37.8 Å². The molecule has 8 heteroatoms. The van der Waals surface area contributed by atoms with Crippen LogP contribution in [0.1, 0.15) is 25.7 Å². The lowest BCUT2D eigenvalue weighted by atomic mass is 9.93. The van der Waals surface area contributed by atoms with Crippen molar-refractivity contribution >= 4 is 32.9 Å². The minimum Gasteiger partial charge on any atom is -0.493 e. The Morgan fingerprint density at radius 2 is 1.77 bits per heavy atom. The highest BCUT2D eigenvalue weighted by atomic mass is 32.1. The van der Waals surface area contributed by atoms with Crippen LogP contribution in [-0.2, 0) is 4.74 Å². The molecule has 1 aromatic carbocycles. The summed E-state index contributed by atoms with van der Waals surface area (Å²) >= 11 is 1.69. The molecular formula is C23H26N4O3S. The van der Waals surface area contributed by atoms with E-state index >= 15 is 0 Å². The summed E-state index contributed by atoms with van der Waals surface area (Å²) in [6, 6.07) is 10.6. The first-order valence-electron chi connectivity index (χ1n) is 10.5. The van der Waals surface area contributed by atoms with E-state index in [1.54, 1.807) is 32.7 Å². The number of ether oxygens (including phenoxy) is 3. The predicted molar refractivity (Wildman–Crippen MR) is 124 cm³/mol. The van der Waals surface area contributed by atoms with E-state index in [9.17, 15) is 0 Å². The molecule has 0 bridgehead atoms. The fourth-order valence-electron chi connectivity index (χ4n) is 4.26. The molecule has 0 unspecified atom stereocenters. The van der Waals surface area contributed by atoms with Gasteiger partial charge in [-0.2, -0.15) is 0 Å². The van der Waals surface area contributed by atoms with E-state index in [4.69, 9.17) is 19.3 Å². The fourth-order valence-corrected chi connectivity index (χ4v) is 5.33. The van der Waals surface area contributed by atoms with Gasteiger partial charge in [-0.25, -0.2) is 9.50 Å². The first-order valence-corrected chi connectivity index (χ1v) is 11.3. The van der Waals surface area contributed by atoms with Gasteiger partial charge in [0.2, 0.25) is 0 Å². The fraction of sp³-hybridized carbons (Fsp3) is 0.391. The Kier molecular flexibility index (Phi) is 5.41. The molecule has 0 spiro atoms. The average Bonchev–Trinajstić information content (AvgIpc) is 3.41. The number of anilines is 1. The van der Waals surface area contributed by atoms with E-state index in [-0.39, 0.29) is 0 Å². The third-order valence-electron chi connectivity index (χ3n) is 6.00. The van der Waals surface area contributed by atoms with Gasteiger partial charge < -0.3 is 19.5 Å². The number of hydrogen-bond donors (Lipinski definition) is 1. The van der Waals surface area contributed by atoms with Crippen LogP contribution >= 0.6 is 11.3 Å². The van der Waals surface area contributed by atoms with Crippen molar-refractivity contribution in [3.8, 4) is 22.1 Å². The Morgan fingerprint density at radius 1 is 1.00 bits per heavy atom. The molecule has 162 valence electrons. The van der Waals surface area contributed by atoms with Crippen molar-refractivity contribution in [1.29, 1.82) is 0 Å². The lowest BCUT2D eigenvalue weighted by Gasteiger charge is -2.28. The molecular weight excluding hydrogens is 412 g/mol. The number of thiophene rings is 1. The maximum absolute atomic E-state index is 5.49. The molecule has 3 aromatic heterocycles. The second-order valence-corrected chi connectivity index (χ2v) is 8.93. The number of rotatable bonds is 6. The van der Waals surface area contributed by atoms with Crippen molar-refractivity contribution in [3.05, 3.63) is 36.5 Å². The SMILES string of the molecule is COc1cc2cc(-c3cnc4ccc(N[C@H]5CC[C@H](OC)CC5)nn34)sc2cc1OC. The first-order chi connectivity index (χ1) is 15.2. The maximum Gasteiger partial charge on any atom is 0.162 e. The van der Waals surface area contributed by atoms with Crippen LogP contribution in [0.25, 0.3) is 26.3 Å². The molecule has 31 heavy (non-hydrogen) atoms. The molecule has 0 aliphatic heterocycles. The molecule has 7 nitrogen and oxygen atoms in total. The smallest absolute Gasteiger partial charge is 0.162 e. The van der Waals surface area contributed by atoms with E-state index in [1.165, 1.54) is 0 Å². The summed E-state index contributed by atoms with van der Waals surface area (Å²) in [7, 11) is 5.11. The molecule has 1 saturated carbocycles. The van der Waals surface area contributed by atoms with Gasteiger partial charge in [0.15, 0.2) is 17.1 Å². The highest BCUT2D eigenvalue weighted by molar-refractivity contribution is 7.22. The van der Waals surface area contributed by atoms with E-state index in [1.807, 2.05) is 35.0 Å². The third-order valence-corrected chi connectivity index (χ3v) is 7.12. The lowest BCUT2D eigenvalue weighted by Crippen LogP contribution is -2.29. The molecule has 0 atom stereocenters. The normalized spacial score (nSPS) is 19.1. The van der Waals surface area contributed by atoms with Crippen LogP contribution < -0.4 is 14.8 Å². The molecule has 1 aliphatic carbocycles. The van der Waals surface area contributed by atoms with Crippen molar-refractivity contribution in [1.82, 2.24) is 14.6 Å². The van der Waals surface area contributed by atoms with E-state index < -0.39 is 0 Å². The van der Waals surface area contributed by atoms with E-state index in [0.29, 0.717) is 12.1 Å². The van der Waals surface area contributed by atoms with Crippen molar-refractivity contribution in [2.75, 3.05) is 26.6 Å². The first kappa shape index (κ1) is 20.1. The van der Waals surface area contributed by atoms with E-state index in [2.05, 4.69) is 16.4 Å². The number of benzene rings is 1. The second-order valence-electron chi connectivity index (χ2n) is 7.84. The van der Waals surface area contributed by atoms with Gasteiger partial charge in [0.1, 0.15) is 11.5 Å². The quantitative estimate of drug-likeness (QED) is 0.457. The van der Waals surface area contributed by atoms with Gasteiger partial charge in [0.25, 0.3) is 0 Å². The molecule has 3 heterocycles.